The van der Waals surface area contributed by atoms with E-state index in [2.05, 4.69) is 13.8 Å². The summed E-state index contributed by atoms with van der Waals surface area (Å²) >= 11 is 0. The first kappa shape index (κ1) is 27.4. The van der Waals surface area contributed by atoms with Crippen LogP contribution >= 0.6 is 0 Å². The number of carbonyl (C=O) groups is 2. The maximum absolute atomic E-state index is 14.8. The van der Waals surface area contributed by atoms with Gasteiger partial charge in [-0.1, -0.05) is 13.8 Å². The van der Waals surface area contributed by atoms with E-state index >= 15 is 0 Å². The Morgan fingerprint density at radius 1 is 1.11 bits per heavy atom. The Hall–Kier alpha value is -2.20. The molecule has 5 saturated carbocycles. The molecule has 1 aromatic carbocycles. The van der Waals surface area contributed by atoms with Crippen molar-refractivity contribution in [2.45, 2.75) is 89.3 Å². The lowest BCUT2D eigenvalue weighted by Crippen LogP contribution is -2.60. The second kappa shape index (κ2) is 9.77. The van der Waals surface area contributed by atoms with Gasteiger partial charge in [0.05, 0.1) is 11.0 Å². The molecular formula is C28H37FO8S. The zero-order chi connectivity index (χ0) is 27.3. The van der Waals surface area contributed by atoms with Crippen LogP contribution in [0.1, 0.15) is 88.4 Å². The van der Waals surface area contributed by atoms with Crippen LogP contribution < -0.4 is 4.74 Å². The van der Waals surface area contributed by atoms with Crippen LogP contribution in [0, 0.1) is 29.0 Å². The molecule has 210 valence electrons. The molecule has 2 unspecified atom stereocenters. The fourth-order valence-corrected chi connectivity index (χ4v) is 8.18. The molecule has 0 heterocycles. The molecule has 0 amide bonds. The van der Waals surface area contributed by atoms with E-state index in [9.17, 15) is 22.4 Å². The second-order valence-electron chi connectivity index (χ2n) is 12.4. The fraction of sp³-hybridized carbons (Fsp3) is 0.714. The highest BCUT2D eigenvalue weighted by atomic mass is 32.2. The van der Waals surface area contributed by atoms with Gasteiger partial charge in [0.25, 0.3) is 10.1 Å². The summed E-state index contributed by atoms with van der Waals surface area (Å²) in [5, 5.41) is 0. The van der Waals surface area contributed by atoms with Gasteiger partial charge in [0.2, 0.25) is 0 Å². The van der Waals surface area contributed by atoms with E-state index in [-0.39, 0.29) is 29.1 Å². The number of esters is 2. The third-order valence-electron chi connectivity index (χ3n) is 9.31. The molecule has 2 atom stereocenters. The molecule has 0 saturated heterocycles. The van der Waals surface area contributed by atoms with Crippen LogP contribution in [0.3, 0.4) is 0 Å². The van der Waals surface area contributed by atoms with Gasteiger partial charge in [-0.3, -0.25) is 9.35 Å². The molecule has 0 aliphatic heterocycles. The summed E-state index contributed by atoms with van der Waals surface area (Å²) in [4.78, 5) is 26.5. The largest absolute Gasteiger partial charge is 0.484 e. The molecule has 1 N–H and O–H groups in total. The quantitative estimate of drug-likeness (QED) is 0.332. The molecular weight excluding hydrogens is 515 g/mol. The van der Waals surface area contributed by atoms with Crippen molar-refractivity contribution in [3.63, 3.8) is 0 Å². The predicted molar refractivity (Wildman–Crippen MR) is 136 cm³/mol. The van der Waals surface area contributed by atoms with Crippen LogP contribution in [0.15, 0.2) is 18.2 Å². The lowest BCUT2D eigenvalue weighted by molar-refractivity contribution is -0.196. The highest BCUT2D eigenvalue weighted by Gasteiger charge is 2.63. The highest BCUT2D eigenvalue weighted by Crippen LogP contribution is 2.63. The van der Waals surface area contributed by atoms with E-state index < -0.39 is 56.9 Å². The first-order chi connectivity index (χ1) is 17.8. The van der Waals surface area contributed by atoms with E-state index in [4.69, 9.17) is 18.8 Å². The minimum Gasteiger partial charge on any atom is -0.484 e. The van der Waals surface area contributed by atoms with Crippen LogP contribution in [0.4, 0.5) is 4.39 Å². The second-order valence-corrected chi connectivity index (χ2v) is 14.0. The Kier molecular flexibility index (Phi) is 7.03. The number of hydrogen-bond donors (Lipinski definition) is 1. The molecule has 0 aromatic heterocycles. The smallest absolute Gasteiger partial charge is 0.338 e. The molecule has 0 radical (unpaired) electrons. The average Bonchev–Trinajstić information content (AvgIpc) is 3.28. The number of benzene rings is 1. The first-order valence-electron chi connectivity index (χ1n) is 13.7. The molecule has 0 spiro atoms. The van der Waals surface area contributed by atoms with Gasteiger partial charge in [0.1, 0.15) is 23.6 Å². The number of rotatable bonds is 9. The monoisotopic (exact) mass is 552 g/mol. The minimum absolute atomic E-state index is 0.0550. The van der Waals surface area contributed by atoms with E-state index in [1.54, 1.807) is 0 Å². The van der Waals surface area contributed by atoms with Crippen molar-refractivity contribution < 1.29 is 41.2 Å². The Bertz CT molecular complexity index is 1190. The minimum atomic E-state index is -4.24. The van der Waals surface area contributed by atoms with Gasteiger partial charge in [-0.2, -0.15) is 8.42 Å². The topological polar surface area (TPSA) is 116 Å². The van der Waals surface area contributed by atoms with Crippen LogP contribution in [-0.2, 0) is 24.4 Å². The van der Waals surface area contributed by atoms with Crippen molar-refractivity contribution in [1.29, 1.82) is 0 Å². The van der Waals surface area contributed by atoms with Crippen molar-refractivity contribution >= 4 is 22.1 Å². The predicted octanol–water partition coefficient (Wildman–Crippen LogP) is 5.10. The molecule has 5 fully saturated rings. The standard InChI is InChI=1S/C28H37FO8S/c1-18(2)28(7-3-4-8-28)36-23-12-21(5-6-22(23)29)24(30)37-27-15-19-11-20(16-27)14-26(13-19,17-27)25(31)35-9-10-38(32,33)34/h5-6,12,18-20H,3-4,7-11,13-17H2,1-2H3,(H,32,33,34). The summed E-state index contributed by atoms with van der Waals surface area (Å²) in [7, 11) is -4.24. The molecule has 8 nitrogen and oxygen atoms in total. The normalized spacial score (nSPS) is 31.4. The number of halogens is 1. The summed E-state index contributed by atoms with van der Waals surface area (Å²) < 4.78 is 63.5. The summed E-state index contributed by atoms with van der Waals surface area (Å²) in [5.74, 6) is -1.61. The first-order valence-corrected chi connectivity index (χ1v) is 15.3. The molecule has 10 heteroatoms. The van der Waals surface area contributed by atoms with Gasteiger partial charge < -0.3 is 14.2 Å². The molecule has 5 aliphatic carbocycles. The lowest BCUT2D eigenvalue weighted by Gasteiger charge is -2.59. The number of ether oxygens (including phenoxy) is 3. The Balaban J connectivity index is 1.32. The molecule has 6 rings (SSSR count). The lowest BCUT2D eigenvalue weighted by atomic mass is 9.48. The fourth-order valence-electron chi connectivity index (χ4n) is 7.88. The van der Waals surface area contributed by atoms with Gasteiger partial charge in [-0.05, 0) is 93.7 Å². The van der Waals surface area contributed by atoms with E-state index in [1.807, 2.05) is 0 Å². The zero-order valence-electron chi connectivity index (χ0n) is 22.0. The Morgan fingerprint density at radius 2 is 1.76 bits per heavy atom. The van der Waals surface area contributed by atoms with Gasteiger partial charge in [0, 0.05) is 6.42 Å². The maximum atomic E-state index is 14.8. The van der Waals surface area contributed by atoms with Crippen LogP contribution in [0.5, 0.6) is 5.75 Å². The molecule has 1 aromatic rings. The highest BCUT2D eigenvalue weighted by molar-refractivity contribution is 7.85. The van der Waals surface area contributed by atoms with Gasteiger partial charge in [-0.15, -0.1) is 0 Å². The Labute approximate surface area is 223 Å². The van der Waals surface area contributed by atoms with Crippen molar-refractivity contribution in [3.8, 4) is 5.75 Å². The third-order valence-corrected chi connectivity index (χ3v) is 9.99. The third kappa shape index (κ3) is 5.30. The van der Waals surface area contributed by atoms with Crippen molar-refractivity contribution in [2.24, 2.45) is 23.2 Å². The van der Waals surface area contributed by atoms with Crippen LogP contribution in [0.25, 0.3) is 0 Å². The van der Waals surface area contributed by atoms with E-state index in [0.717, 1.165) is 32.1 Å². The molecule has 5 aliphatic rings. The summed E-state index contributed by atoms with van der Waals surface area (Å²) in [5.41, 5.74) is -1.92. The molecule has 38 heavy (non-hydrogen) atoms. The maximum Gasteiger partial charge on any atom is 0.338 e. The van der Waals surface area contributed by atoms with Crippen molar-refractivity contribution in [2.75, 3.05) is 12.4 Å². The van der Waals surface area contributed by atoms with Crippen LogP contribution in [0.2, 0.25) is 0 Å². The van der Waals surface area contributed by atoms with Gasteiger partial charge >= 0.3 is 11.9 Å². The van der Waals surface area contributed by atoms with E-state index in [0.29, 0.717) is 32.1 Å². The Morgan fingerprint density at radius 3 is 2.37 bits per heavy atom. The number of carbonyl (C=O) groups excluding carboxylic acids is 2. The van der Waals surface area contributed by atoms with Crippen LogP contribution in [-0.4, -0.2) is 48.5 Å². The van der Waals surface area contributed by atoms with Crippen molar-refractivity contribution in [1.82, 2.24) is 0 Å². The summed E-state index contributed by atoms with van der Waals surface area (Å²) in [6, 6.07) is 4.07. The van der Waals surface area contributed by atoms with Crippen molar-refractivity contribution in [3.05, 3.63) is 29.6 Å². The number of hydrogen-bond acceptors (Lipinski definition) is 7. The van der Waals surface area contributed by atoms with E-state index in [1.165, 1.54) is 18.2 Å². The molecule has 4 bridgehead atoms. The van der Waals surface area contributed by atoms with Gasteiger partial charge in [0.15, 0.2) is 11.6 Å². The average molecular weight is 553 g/mol. The van der Waals surface area contributed by atoms with Gasteiger partial charge in [-0.25, -0.2) is 9.18 Å². The SMILES string of the molecule is CC(C)C1(Oc2cc(C(=O)OC34CC5CC(C3)CC(C(=O)OCCS(=O)(=O)O)(C5)C4)ccc2F)CCCC1. The zero-order valence-corrected chi connectivity index (χ0v) is 22.9. The summed E-state index contributed by atoms with van der Waals surface area (Å²) in [6.07, 6.45) is 7.50. The summed E-state index contributed by atoms with van der Waals surface area (Å²) in [6.45, 7) is 3.72.